The van der Waals surface area contributed by atoms with Crippen LogP contribution < -0.4 is 9.64 Å². The Morgan fingerprint density at radius 3 is 2.44 bits per heavy atom. The number of amides is 1. The zero-order valence-corrected chi connectivity index (χ0v) is 23.0. The van der Waals surface area contributed by atoms with E-state index in [1.165, 1.54) is 33.6 Å². The van der Waals surface area contributed by atoms with Gasteiger partial charge in [0.15, 0.2) is 4.34 Å². The first kappa shape index (κ1) is 26.6. The van der Waals surface area contributed by atoms with Crippen molar-refractivity contribution in [2.24, 2.45) is 0 Å². The van der Waals surface area contributed by atoms with Crippen LogP contribution in [-0.4, -0.2) is 38.6 Å². The lowest BCUT2D eigenvalue weighted by molar-refractivity contribution is -0.132. The van der Waals surface area contributed by atoms with Crippen molar-refractivity contribution in [3.8, 4) is 5.75 Å². The third kappa shape index (κ3) is 5.71. The Labute approximate surface area is 234 Å². The third-order valence-electron chi connectivity index (χ3n) is 6.15. The van der Waals surface area contributed by atoms with Gasteiger partial charge in [-0.2, -0.15) is 0 Å². The van der Waals surface area contributed by atoms with Crippen molar-refractivity contribution < 1.29 is 19.4 Å². The summed E-state index contributed by atoms with van der Waals surface area (Å²) in [6.45, 7) is 4.63. The number of pyridine rings is 1. The zero-order chi connectivity index (χ0) is 27.4. The largest absolute Gasteiger partial charge is 0.507 e. The average Bonchev–Trinajstić information content (AvgIpc) is 3.54. The standard InChI is InChI=1S/C29H26N4O4S2/c1-3-16-37-22-10-8-21(9-11-22)25(34)23-24(20-12-14-30-15-13-20)33(27(36)26(23)35)28-31-32-29(39-28)38-17-19-6-4-18(2)5-7-19/h4-15,24,34H,3,16-17H2,1-2H3/b25-23-. The number of thioether (sulfide) groups is 1. The van der Waals surface area contributed by atoms with Gasteiger partial charge in [0.25, 0.3) is 5.78 Å². The van der Waals surface area contributed by atoms with Crippen LogP contribution in [0.1, 0.15) is 41.6 Å². The lowest BCUT2D eigenvalue weighted by Gasteiger charge is -2.22. The van der Waals surface area contributed by atoms with Gasteiger partial charge in [-0.1, -0.05) is 59.9 Å². The van der Waals surface area contributed by atoms with Gasteiger partial charge in [-0.05, 0) is 60.9 Å². The van der Waals surface area contributed by atoms with E-state index in [4.69, 9.17) is 4.74 Å². The van der Waals surface area contributed by atoms with Crippen LogP contribution in [0.5, 0.6) is 5.75 Å². The van der Waals surface area contributed by atoms with E-state index < -0.39 is 17.7 Å². The Bertz CT molecular complexity index is 1500. The summed E-state index contributed by atoms with van der Waals surface area (Å²) in [5, 5.41) is 20.1. The van der Waals surface area contributed by atoms with Crippen molar-refractivity contribution in [1.29, 1.82) is 0 Å². The number of hydrogen-bond acceptors (Lipinski definition) is 9. The first-order valence-corrected chi connectivity index (χ1v) is 14.2. The predicted octanol–water partition coefficient (Wildman–Crippen LogP) is 5.95. The average molecular weight is 559 g/mol. The van der Waals surface area contributed by atoms with Gasteiger partial charge >= 0.3 is 5.91 Å². The molecule has 1 aliphatic heterocycles. The Morgan fingerprint density at radius 1 is 1.03 bits per heavy atom. The summed E-state index contributed by atoms with van der Waals surface area (Å²) in [6.07, 6.45) is 4.03. The van der Waals surface area contributed by atoms with E-state index in [-0.39, 0.29) is 16.5 Å². The molecule has 2 aromatic heterocycles. The second-order valence-electron chi connectivity index (χ2n) is 8.95. The SMILES string of the molecule is CCCOc1ccc(/C(O)=C2/C(=O)C(=O)N(c3nnc(SCc4ccc(C)cc4)s3)C2c2ccncc2)cc1. The van der Waals surface area contributed by atoms with Gasteiger partial charge in [-0.25, -0.2) is 0 Å². The van der Waals surface area contributed by atoms with Crippen LogP contribution in [0.4, 0.5) is 5.13 Å². The van der Waals surface area contributed by atoms with Gasteiger partial charge in [0, 0.05) is 23.7 Å². The highest BCUT2D eigenvalue weighted by Gasteiger charge is 2.48. The van der Waals surface area contributed by atoms with Gasteiger partial charge in [0.1, 0.15) is 11.5 Å². The normalized spacial score (nSPS) is 16.6. The number of carbonyl (C=O) groups is 2. The molecule has 198 valence electrons. The number of ether oxygens (including phenoxy) is 1. The quantitative estimate of drug-likeness (QED) is 0.0884. The van der Waals surface area contributed by atoms with Crippen LogP contribution in [0.3, 0.4) is 0 Å². The Balaban J connectivity index is 1.48. The monoisotopic (exact) mass is 558 g/mol. The molecule has 1 saturated heterocycles. The number of ketones is 1. The van der Waals surface area contributed by atoms with E-state index >= 15 is 0 Å². The van der Waals surface area contributed by atoms with Crippen LogP contribution in [0.25, 0.3) is 5.76 Å². The highest BCUT2D eigenvalue weighted by atomic mass is 32.2. The van der Waals surface area contributed by atoms with Crippen LogP contribution in [0.2, 0.25) is 0 Å². The van der Waals surface area contributed by atoms with E-state index in [0.29, 0.717) is 33.6 Å². The van der Waals surface area contributed by atoms with Crippen molar-refractivity contribution in [3.05, 3.63) is 101 Å². The minimum absolute atomic E-state index is 0.0162. The number of aliphatic hydroxyl groups is 1. The molecule has 1 unspecified atom stereocenters. The van der Waals surface area contributed by atoms with Crippen LogP contribution in [0.15, 0.2) is 83.0 Å². The van der Waals surface area contributed by atoms with Gasteiger partial charge < -0.3 is 9.84 Å². The molecule has 1 atom stereocenters. The number of aromatic nitrogens is 3. The Hall–Kier alpha value is -4.02. The molecule has 1 fully saturated rings. The van der Waals surface area contributed by atoms with Crippen LogP contribution in [0, 0.1) is 6.92 Å². The van der Waals surface area contributed by atoms with Gasteiger partial charge in [-0.15, -0.1) is 10.2 Å². The highest BCUT2D eigenvalue weighted by Crippen LogP contribution is 2.44. The molecule has 5 rings (SSSR count). The van der Waals surface area contributed by atoms with E-state index in [1.54, 1.807) is 48.8 Å². The number of aliphatic hydroxyl groups excluding tert-OH is 1. The maximum Gasteiger partial charge on any atom is 0.301 e. The lowest BCUT2D eigenvalue weighted by Crippen LogP contribution is -2.29. The Morgan fingerprint density at radius 2 is 1.74 bits per heavy atom. The molecule has 0 saturated carbocycles. The number of anilines is 1. The molecule has 0 bridgehead atoms. The second kappa shape index (κ2) is 11.8. The maximum atomic E-state index is 13.4. The van der Waals surface area contributed by atoms with Crippen molar-refractivity contribution in [3.63, 3.8) is 0 Å². The number of nitrogens with zero attached hydrogens (tertiary/aromatic N) is 4. The fourth-order valence-corrected chi connectivity index (χ4v) is 5.99. The number of carbonyl (C=O) groups excluding carboxylic acids is 2. The summed E-state index contributed by atoms with van der Waals surface area (Å²) in [4.78, 5) is 32.1. The molecular weight excluding hydrogens is 532 g/mol. The summed E-state index contributed by atoms with van der Waals surface area (Å²) in [5.41, 5.74) is 3.34. The summed E-state index contributed by atoms with van der Waals surface area (Å²) >= 11 is 2.74. The van der Waals surface area contributed by atoms with E-state index in [0.717, 1.165) is 12.0 Å². The molecular formula is C29H26N4O4S2. The van der Waals surface area contributed by atoms with Crippen molar-refractivity contribution >= 4 is 45.7 Å². The molecule has 1 amide bonds. The molecule has 10 heteroatoms. The predicted molar refractivity (Wildman–Crippen MR) is 152 cm³/mol. The topological polar surface area (TPSA) is 106 Å². The van der Waals surface area contributed by atoms with Crippen LogP contribution >= 0.6 is 23.1 Å². The minimum atomic E-state index is -0.882. The molecule has 1 aliphatic rings. The molecule has 39 heavy (non-hydrogen) atoms. The maximum absolute atomic E-state index is 13.4. The Kier molecular flexibility index (Phi) is 8.04. The minimum Gasteiger partial charge on any atom is -0.507 e. The number of rotatable bonds is 9. The lowest BCUT2D eigenvalue weighted by atomic mass is 9.96. The summed E-state index contributed by atoms with van der Waals surface area (Å²) in [7, 11) is 0. The second-order valence-corrected chi connectivity index (χ2v) is 11.1. The number of aryl methyl sites for hydroxylation is 1. The van der Waals surface area contributed by atoms with Crippen molar-refractivity contribution in [2.45, 2.75) is 36.4 Å². The fraction of sp³-hybridized carbons (Fsp3) is 0.207. The van der Waals surface area contributed by atoms with Crippen molar-refractivity contribution in [2.75, 3.05) is 11.5 Å². The summed E-state index contributed by atoms with van der Waals surface area (Å²) < 4.78 is 6.29. The van der Waals surface area contributed by atoms with E-state index in [9.17, 15) is 14.7 Å². The first-order chi connectivity index (χ1) is 19.0. The number of benzene rings is 2. The smallest absolute Gasteiger partial charge is 0.301 e. The van der Waals surface area contributed by atoms with Crippen LogP contribution in [-0.2, 0) is 15.3 Å². The van der Waals surface area contributed by atoms with Gasteiger partial charge in [0.05, 0.1) is 18.2 Å². The number of hydrogen-bond donors (Lipinski definition) is 1. The number of Topliss-reactive ketones (excluding diaryl/α,β-unsaturated/α-hetero) is 1. The summed E-state index contributed by atoms with van der Waals surface area (Å²) in [6, 6.07) is 17.6. The fourth-order valence-electron chi connectivity index (χ4n) is 4.16. The van der Waals surface area contributed by atoms with Gasteiger partial charge in [-0.3, -0.25) is 19.5 Å². The van der Waals surface area contributed by atoms with Crippen molar-refractivity contribution in [1.82, 2.24) is 15.2 Å². The molecule has 0 spiro atoms. The molecule has 2 aromatic carbocycles. The molecule has 0 aliphatic carbocycles. The van der Waals surface area contributed by atoms with E-state index in [2.05, 4.69) is 39.4 Å². The summed E-state index contributed by atoms with van der Waals surface area (Å²) in [5.74, 6) is -0.473. The molecule has 3 heterocycles. The highest BCUT2D eigenvalue weighted by molar-refractivity contribution is 8.00. The van der Waals surface area contributed by atoms with Gasteiger partial charge in [0.2, 0.25) is 5.13 Å². The van der Waals surface area contributed by atoms with E-state index in [1.807, 2.05) is 13.8 Å². The molecule has 8 nitrogen and oxygen atoms in total. The zero-order valence-electron chi connectivity index (χ0n) is 21.4. The third-order valence-corrected chi connectivity index (χ3v) is 8.28. The molecule has 1 N–H and O–H groups in total. The molecule has 4 aromatic rings. The first-order valence-electron chi connectivity index (χ1n) is 12.4. The molecule has 0 radical (unpaired) electrons.